The number of carbonyl (C=O) groups excluding carboxylic acids is 1. The summed E-state index contributed by atoms with van der Waals surface area (Å²) < 4.78 is 5.54. The third-order valence-electron chi connectivity index (χ3n) is 2.33. The zero-order valence-corrected chi connectivity index (χ0v) is 9.43. The number of pyridine rings is 1. The predicted octanol–water partition coefficient (Wildman–Crippen LogP) is 0.907. The summed E-state index contributed by atoms with van der Waals surface area (Å²) in [6.45, 7) is 0. The van der Waals surface area contributed by atoms with Crippen LogP contribution in [0.3, 0.4) is 0 Å². The summed E-state index contributed by atoms with van der Waals surface area (Å²) in [4.78, 5) is 17.1. The van der Waals surface area contributed by atoms with Crippen molar-refractivity contribution in [2.24, 2.45) is 0 Å². The molecule has 2 rings (SSSR count). The second kappa shape index (κ2) is 4.00. The molecule has 0 atom stereocenters. The number of hydrogen-bond donors (Lipinski definition) is 1. The van der Waals surface area contributed by atoms with Crippen molar-refractivity contribution < 1.29 is 9.53 Å². The number of rotatable bonds is 3. The van der Waals surface area contributed by atoms with Crippen LogP contribution >= 0.6 is 0 Å². The maximum Gasteiger partial charge on any atom is 0.272 e. The van der Waals surface area contributed by atoms with Gasteiger partial charge in [-0.1, -0.05) is 0 Å². The van der Waals surface area contributed by atoms with Gasteiger partial charge in [-0.2, -0.15) is 0 Å². The number of nitrogen functional groups attached to an aromatic ring is 1. The molecule has 16 heavy (non-hydrogen) atoms. The first-order chi connectivity index (χ1) is 7.58. The van der Waals surface area contributed by atoms with Gasteiger partial charge in [-0.05, 0) is 25.0 Å². The highest BCUT2D eigenvalue weighted by molar-refractivity contribution is 5.92. The maximum atomic E-state index is 11.6. The number of hydrogen-bond acceptors (Lipinski definition) is 4. The summed E-state index contributed by atoms with van der Waals surface area (Å²) in [7, 11) is 3.35. The van der Waals surface area contributed by atoms with Crippen LogP contribution in [0.4, 0.5) is 5.82 Å². The summed E-state index contributed by atoms with van der Waals surface area (Å²) in [6, 6.07) is 3.34. The summed E-state index contributed by atoms with van der Waals surface area (Å²) in [5, 5.41) is 0. The first-order valence-corrected chi connectivity index (χ1v) is 5.23. The van der Waals surface area contributed by atoms with Crippen LogP contribution in [-0.2, 0) is 0 Å². The molecule has 0 bridgehead atoms. The van der Waals surface area contributed by atoms with E-state index >= 15 is 0 Å². The third kappa shape index (κ3) is 2.24. The minimum atomic E-state index is -0.162. The number of carbonyl (C=O) groups is 1. The van der Waals surface area contributed by atoms with E-state index in [4.69, 9.17) is 10.5 Å². The normalized spacial score (nSPS) is 14.6. The Hall–Kier alpha value is -1.78. The maximum absolute atomic E-state index is 11.6. The number of ether oxygens (including phenoxy) is 1. The van der Waals surface area contributed by atoms with E-state index in [1.807, 2.05) is 0 Å². The summed E-state index contributed by atoms with van der Waals surface area (Å²) >= 11 is 0. The highest BCUT2D eigenvalue weighted by Gasteiger charge is 2.24. The van der Waals surface area contributed by atoms with Crippen LogP contribution in [-0.4, -0.2) is 36.0 Å². The number of nitrogens with zero attached hydrogens (tertiary/aromatic N) is 2. The van der Waals surface area contributed by atoms with Crippen molar-refractivity contribution in [1.29, 1.82) is 0 Å². The molecule has 1 aliphatic carbocycles. The second-order valence-electron chi connectivity index (χ2n) is 4.10. The molecule has 0 spiro atoms. The molecular weight excluding hydrogens is 206 g/mol. The number of aromatic nitrogens is 1. The molecule has 1 aromatic rings. The van der Waals surface area contributed by atoms with Gasteiger partial charge in [-0.15, -0.1) is 0 Å². The zero-order chi connectivity index (χ0) is 11.7. The first kappa shape index (κ1) is 10.7. The van der Waals surface area contributed by atoms with E-state index in [-0.39, 0.29) is 17.8 Å². The Morgan fingerprint density at radius 3 is 2.69 bits per heavy atom. The van der Waals surface area contributed by atoms with Gasteiger partial charge >= 0.3 is 0 Å². The SMILES string of the molecule is CN(C)C(=O)c1ccc(OC2CC2)c(N)n1. The number of nitrogens with two attached hydrogens (primary N) is 1. The van der Waals surface area contributed by atoms with Gasteiger partial charge < -0.3 is 15.4 Å². The molecule has 1 saturated carbocycles. The van der Waals surface area contributed by atoms with E-state index in [2.05, 4.69) is 4.98 Å². The summed E-state index contributed by atoms with van der Waals surface area (Å²) in [5.41, 5.74) is 6.07. The van der Waals surface area contributed by atoms with E-state index < -0.39 is 0 Å². The monoisotopic (exact) mass is 221 g/mol. The third-order valence-corrected chi connectivity index (χ3v) is 2.33. The van der Waals surface area contributed by atoms with E-state index in [1.54, 1.807) is 26.2 Å². The zero-order valence-electron chi connectivity index (χ0n) is 9.43. The van der Waals surface area contributed by atoms with Crippen molar-refractivity contribution in [3.8, 4) is 5.75 Å². The van der Waals surface area contributed by atoms with Crippen molar-refractivity contribution in [1.82, 2.24) is 9.88 Å². The first-order valence-electron chi connectivity index (χ1n) is 5.23. The minimum absolute atomic E-state index is 0.162. The van der Waals surface area contributed by atoms with E-state index in [9.17, 15) is 4.79 Å². The van der Waals surface area contributed by atoms with E-state index in [1.165, 1.54) is 4.90 Å². The molecule has 5 nitrogen and oxygen atoms in total. The van der Waals surface area contributed by atoms with Crippen molar-refractivity contribution in [2.75, 3.05) is 19.8 Å². The van der Waals surface area contributed by atoms with Gasteiger partial charge in [0, 0.05) is 14.1 Å². The van der Waals surface area contributed by atoms with Crippen LogP contribution in [0.15, 0.2) is 12.1 Å². The standard InChI is InChI=1S/C11H15N3O2/c1-14(2)11(15)8-5-6-9(10(12)13-8)16-7-3-4-7/h5-7H,3-4H2,1-2H3,(H2,12,13). The fourth-order valence-corrected chi connectivity index (χ4v) is 1.28. The van der Waals surface area contributed by atoms with Crippen molar-refractivity contribution in [2.45, 2.75) is 18.9 Å². The Kier molecular flexibility index (Phi) is 2.68. The average Bonchev–Trinajstić information content (AvgIpc) is 3.03. The van der Waals surface area contributed by atoms with Crippen molar-refractivity contribution in [3.05, 3.63) is 17.8 Å². The lowest BCUT2D eigenvalue weighted by Crippen LogP contribution is -2.23. The predicted molar refractivity (Wildman–Crippen MR) is 60.3 cm³/mol. The molecular formula is C11H15N3O2. The van der Waals surface area contributed by atoms with Gasteiger partial charge in [0.05, 0.1) is 6.10 Å². The molecule has 0 aromatic carbocycles. The number of anilines is 1. The van der Waals surface area contributed by atoms with Crippen LogP contribution in [0, 0.1) is 0 Å². The highest BCUT2D eigenvalue weighted by Crippen LogP contribution is 2.29. The van der Waals surface area contributed by atoms with Gasteiger partial charge in [0.15, 0.2) is 11.6 Å². The molecule has 0 unspecified atom stereocenters. The molecule has 0 saturated heterocycles. The molecule has 1 aromatic heterocycles. The topological polar surface area (TPSA) is 68.5 Å². The second-order valence-corrected chi connectivity index (χ2v) is 4.10. The van der Waals surface area contributed by atoms with E-state index in [0.717, 1.165) is 12.8 Å². The minimum Gasteiger partial charge on any atom is -0.487 e. The fourth-order valence-electron chi connectivity index (χ4n) is 1.28. The summed E-state index contributed by atoms with van der Waals surface area (Å²) in [6.07, 6.45) is 2.41. The van der Waals surface area contributed by atoms with Gasteiger partial charge in [0.1, 0.15) is 5.69 Å². The lowest BCUT2D eigenvalue weighted by atomic mass is 10.3. The summed E-state index contributed by atoms with van der Waals surface area (Å²) in [5.74, 6) is 0.682. The van der Waals surface area contributed by atoms with Crippen molar-refractivity contribution >= 4 is 11.7 Å². The fraction of sp³-hybridized carbons (Fsp3) is 0.455. The Morgan fingerprint density at radius 2 is 2.19 bits per heavy atom. The van der Waals surface area contributed by atoms with Crippen LogP contribution in [0.2, 0.25) is 0 Å². The van der Waals surface area contributed by atoms with Crippen molar-refractivity contribution in [3.63, 3.8) is 0 Å². The Bertz CT molecular complexity index is 414. The smallest absolute Gasteiger partial charge is 0.272 e. The molecule has 1 heterocycles. The quantitative estimate of drug-likeness (QED) is 0.823. The largest absolute Gasteiger partial charge is 0.487 e. The molecule has 0 aliphatic heterocycles. The van der Waals surface area contributed by atoms with Crippen LogP contribution in [0.1, 0.15) is 23.3 Å². The van der Waals surface area contributed by atoms with Gasteiger partial charge in [-0.25, -0.2) is 4.98 Å². The molecule has 5 heteroatoms. The van der Waals surface area contributed by atoms with Crippen LogP contribution < -0.4 is 10.5 Å². The molecule has 2 N–H and O–H groups in total. The van der Waals surface area contributed by atoms with Gasteiger partial charge in [0.2, 0.25) is 0 Å². The average molecular weight is 221 g/mol. The number of amides is 1. The molecule has 1 aliphatic rings. The Labute approximate surface area is 94.2 Å². The molecule has 86 valence electrons. The van der Waals surface area contributed by atoms with Gasteiger partial charge in [-0.3, -0.25) is 4.79 Å². The molecule has 0 radical (unpaired) electrons. The van der Waals surface area contributed by atoms with Crippen LogP contribution in [0.5, 0.6) is 5.75 Å². The van der Waals surface area contributed by atoms with E-state index in [0.29, 0.717) is 11.4 Å². The van der Waals surface area contributed by atoms with Gasteiger partial charge in [0.25, 0.3) is 5.91 Å². The van der Waals surface area contributed by atoms with Crippen LogP contribution in [0.25, 0.3) is 0 Å². The Balaban J connectivity index is 2.17. The molecule has 1 fully saturated rings. The highest BCUT2D eigenvalue weighted by atomic mass is 16.5. The lowest BCUT2D eigenvalue weighted by molar-refractivity contribution is 0.0822. The Morgan fingerprint density at radius 1 is 1.50 bits per heavy atom. The molecule has 1 amide bonds. The lowest BCUT2D eigenvalue weighted by Gasteiger charge is -2.11.